The number of fused-ring (bicyclic) bond motifs is 1. The summed E-state index contributed by atoms with van der Waals surface area (Å²) >= 11 is 0. The Hall–Kier alpha value is -1.36. The van der Waals surface area contributed by atoms with Gasteiger partial charge in [-0.05, 0) is 25.0 Å². The summed E-state index contributed by atoms with van der Waals surface area (Å²) in [7, 11) is 1.69. The average Bonchev–Trinajstić information content (AvgIpc) is 2.77. The molecule has 0 aliphatic rings. The molecule has 0 bridgehead atoms. The Morgan fingerprint density at radius 2 is 2.16 bits per heavy atom. The van der Waals surface area contributed by atoms with Crippen LogP contribution >= 0.6 is 0 Å². The normalized spacial score (nSPS) is 13.1. The van der Waals surface area contributed by atoms with Gasteiger partial charge in [-0.2, -0.15) is 0 Å². The minimum absolute atomic E-state index is 0.0310. The molecule has 4 heteroatoms. The molecule has 1 unspecified atom stereocenters. The van der Waals surface area contributed by atoms with E-state index in [1.807, 2.05) is 24.4 Å². The van der Waals surface area contributed by atoms with E-state index in [0.717, 1.165) is 35.0 Å². The van der Waals surface area contributed by atoms with Crippen molar-refractivity contribution in [2.45, 2.75) is 32.6 Å². The van der Waals surface area contributed by atoms with E-state index in [1.165, 1.54) is 0 Å². The molecule has 0 aliphatic carbocycles. The van der Waals surface area contributed by atoms with Crippen LogP contribution in [-0.4, -0.2) is 28.5 Å². The van der Waals surface area contributed by atoms with Gasteiger partial charge in [0, 0.05) is 42.9 Å². The highest BCUT2D eigenvalue weighted by atomic mass is 16.5. The summed E-state index contributed by atoms with van der Waals surface area (Å²) in [6.45, 7) is 3.35. The van der Waals surface area contributed by atoms with Crippen molar-refractivity contribution < 1.29 is 14.9 Å². The number of aryl methyl sites for hydroxylation is 1. The lowest BCUT2D eigenvalue weighted by molar-refractivity contribution is 0.190. The number of ether oxygens (including phenoxy) is 1. The van der Waals surface area contributed by atoms with Gasteiger partial charge >= 0.3 is 0 Å². The fourth-order valence-corrected chi connectivity index (χ4v) is 2.36. The van der Waals surface area contributed by atoms with E-state index in [2.05, 4.69) is 4.57 Å². The molecule has 1 aromatic carbocycles. The molecule has 4 nitrogen and oxygen atoms in total. The summed E-state index contributed by atoms with van der Waals surface area (Å²) in [5.41, 5.74) is 2.87. The van der Waals surface area contributed by atoms with Crippen molar-refractivity contribution in [1.82, 2.24) is 4.57 Å². The molecule has 0 saturated carbocycles. The van der Waals surface area contributed by atoms with Crippen LogP contribution in [0, 0.1) is 0 Å². The average molecular weight is 263 g/mol. The molecule has 1 atom stereocenters. The maximum Gasteiger partial charge on any atom is 0.0782 e. The first-order valence-corrected chi connectivity index (χ1v) is 6.57. The third-order valence-corrected chi connectivity index (χ3v) is 3.36. The van der Waals surface area contributed by atoms with E-state index >= 15 is 0 Å². The number of aromatic nitrogens is 1. The van der Waals surface area contributed by atoms with Crippen molar-refractivity contribution in [3.8, 4) is 0 Å². The quantitative estimate of drug-likeness (QED) is 0.786. The van der Waals surface area contributed by atoms with Gasteiger partial charge in [-0.15, -0.1) is 0 Å². The molecule has 2 rings (SSSR count). The van der Waals surface area contributed by atoms with E-state index in [-0.39, 0.29) is 6.61 Å². The van der Waals surface area contributed by atoms with Crippen molar-refractivity contribution in [2.75, 3.05) is 13.7 Å². The second kappa shape index (κ2) is 6.19. The van der Waals surface area contributed by atoms with Gasteiger partial charge in [0.05, 0.1) is 12.7 Å². The second-order valence-corrected chi connectivity index (χ2v) is 4.81. The van der Waals surface area contributed by atoms with Crippen molar-refractivity contribution in [1.29, 1.82) is 0 Å². The van der Waals surface area contributed by atoms with E-state index in [9.17, 15) is 10.2 Å². The van der Waals surface area contributed by atoms with Gasteiger partial charge in [0.1, 0.15) is 0 Å². The Morgan fingerprint density at radius 1 is 1.37 bits per heavy atom. The van der Waals surface area contributed by atoms with Crippen molar-refractivity contribution in [2.24, 2.45) is 0 Å². The Bertz CT molecular complexity index is 546. The molecule has 1 heterocycles. The Kier molecular flexibility index (Phi) is 4.58. The number of aliphatic hydroxyl groups excluding tert-OH is 2. The topological polar surface area (TPSA) is 54.6 Å². The van der Waals surface area contributed by atoms with Crippen LogP contribution in [0.5, 0.6) is 0 Å². The van der Waals surface area contributed by atoms with Crippen LogP contribution in [-0.2, 0) is 17.9 Å². The third kappa shape index (κ3) is 2.97. The SMILES string of the molecule is COCCCn1cc(C(C)O)c2ccc(CO)cc21. The number of methoxy groups -OCH3 is 1. The predicted molar refractivity (Wildman–Crippen MR) is 75.0 cm³/mol. The standard InChI is InChI=1S/C15H21NO3/c1-11(18)14-9-16(6-3-7-19-2)15-8-12(10-17)4-5-13(14)15/h4-5,8-9,11,17-18H,3,6-7,10H2,1-2H3. The van der Waals surface area contributed by atoms with Crippen LogP contribution in [0.15, 0.2) is 24.4 Å². The van der Waals surface area contributed by atoms with Gasteiger partial charge in [-0.1, -0.05) is 12.1 Å². The number of hydrogen-bond acceptors (Lipinski definition) is 3. The summed E-state index contributed by atoms with van der Waals surface area (Å²) in [5.74, 6) is 0. The molecule has 2 N–H and O–H groups in total. The second-order valence-electron chi connectivity index (χ2n) is 4.81. The lowest BCUT2D eigenvalue weighted by Gasteiger charge is -2.05. The van der Waals surface area contributed by atoms with Crippen LogP contribution in [0.1, 0.15) is 30.6 Å². The maximum atomic E-state index is 9.85. The summed E-state index contributed by atoms with van der Waals surface area (Å²) < 4.78 is 7.19. The Morgan fingerprint density at radius 3 is 2.79 bits per heavy atom. The first kappa shape index (κ1) is 14.1. The molecule has 104 valence electrons. The molecule has 2 aromatic rings. The number of nitrogens with zero attached hydrogens (tertiary/aromatic N) is 1. The lowest BCUT2D eigenvalue weighted by atomic mass is 10.1. The molecule has 0 fully saturated rings. The largest absolute Gasteiger partial charge is 0.392 e. The van der Waals surface area contributed by atoms with Crippen molar-refractivity contribution in [3.05, 3.63) is 35.5 Å². The lowest BCUT2D eigenvalue weighted by Crippen LogP contribution is -2.00. The third-order valence-electron chi connectivity index (χ3n) is 3.36. The highest BCUT2D eigenvalue weighted by Crippen LogP contribution is 2.27. The molecule has 1 aromatic heterocycles. The van der Waals surface area contributed by atoms with Crippen molar-refractivity contribution in [3.63, 3.8) is 0 Å². The number of aliphatic hydroxyl groups is 2. The number of benzene rings is 1. The molecular weight excluding hydrogens is 242 g/mol. The summed E-state index contributed by atoms with van der Waals surface area (Å²) in [4.78, 5) is 0. The fraction of sp³-hybridized carbons (Fsp3) is 0.467. The van der Waals surface area contributed by atoms with Crippen LogP contribution in [0.3, 0.4) is 0 Å². The zero-order chi connectivity index (χ0) is 13.8. The molecule has 0 spiro atoms. The predicted octanol–water partition coefficient (Wildman–Crippen LogP) is 2.22. The highest BCUT2D eigenvalue weighted by molar-refractivity contribution is 5.85. The van der Waals surface area contributed by atoms with E-state index in [1.54, 1.807) is 14.0 Å². The van der Waals surface area contributed by atoms with Gasteiger partial charge in [0.15, 0.2) is 0 Å². The van der Waals surface area contributed by atoms with Crippen molar-refractivity contribution >= 4 is 10.9 Å². The van der Waals surface area contributed by atoms with Gasteiger partial charge < -0.3 is 19.5 Å². The highest BCUT2D eigenvalue weighted by Gasteiger charge is 2.12. The van der Waals surface area contributed by atoms with Crippen LogP contribution in [0.4, 0.5) is 0 Å². The molecule has 0 aliphatic heterocycles. The first-order chi connectivity index (χ1) is 9.17. The zero-order valence-electron chi connectivity index (χ0n) is 11.5. The minimum Gasteiger partial charge on any atom is -0.392 e. The van der Waals surface area contributed by atoms with E-state index < -0.39 is 6.10 Å². The van der Waals surface area contributed by atoms with E-state index in [4.69, 9.17) is 4.74 Å². The van der Waals surface area contributed by atoms with Gasteiger partial charge in [-0.3, -0.25) is 0 Å². The number of rotatable bonds is 6. The van der Waals surface area contributed by atoms with Gasteiger partial charge in [0.25, 0.3) is 0 Å². The molecular formula is C15H21NO3. The van der Waals surface area contributed by atoms with Crippen LogP contribution < -0.4 is 0 Å². The molecule has 19 heavy (non-hydrogen) atoms. The van der Waals surface area contributed by atoms with Gasteiger partial charge in [-0.25, -0.2) is 0 Å². The summed E-state index contributed by atoms with van der Waals surface area (Å²) in [5, 5.41) is 20.1. The zero-order valence-corrected chi connectivity index (χ0v) is 11.5. The first-order valence-electron chi connectivity index (χ1n) is 6.57. The van der Waals surface area contributed by atoms with Crippen LogP contribution in [0.2, 0.25) is 0 Å². The summed E-state index contributed by atoms with van der Waals surface area (Å²) in [6.07, 6.45) is 2.42. The molecule has 0 radical (unpaired) electrons. The minimum atomic E-state index is -0.494. The molecule has 0 saturated heterocycles. The monoisotopic (exact) mass is 263 g/mol. The van der Waals surface area contributed by atoms with Gasteiger partial charge in [0.2, 0.25) is 0 Å². The smallest absolute Gasteiger partial charge is 0.0782 e. The fourth-order valence-electron chi connectivity index (χ4n) is 2.36. The summed E-state index contributed by atoms with van der Waals surface area (Å²) in [6, 6.07) is 5.84. The van der Waals surface area contributed by atoms with Crippen LogP contribution in [0.25, 0.3) is 10.9 Å². The number of hydrogen-bond donors (Lipinski definition) is 2. The Labute approximate surface area is 113 Å². The van der Waals surface area contributed by atoms with E-state index in [0.29, 0.717) is 6.61 Å². The molecule has 0 amide bonds. The Balaban J connectivity index is 2.42. The maximum absolute atomic E-state index is 9.85.